The van der Waals surface area contributed by atoms with Crippen molar-refractivity contribution >= 4 is 22.7 Å². The van der Waals surface area contributed by atoms with Crippen molar-refractivity contribution in [2.75, 3.05) is 13.1 Å². The Bertz CT molecular complexity index is 1030. The van der Waals surface area contributed by atoms with E-state index in [0.717, 1.165) is 23.7 Å². The molecule has 2 N–H and O–H groups in total. The highest BCUT2D eigenvalue weighted by atomic mass is 16.2. The fourth-order valence-electron chi connectivity index (χ4n) is 3.74. The number of para-hydroxylation sites is 1. The van der Waals surface area contributed by atoms with E-state index in [2.05, 4.69) is 5.10 Å². The van der Waals surface area contributed by atoms with E-state index in [-0.39, 0.29) is 11.8 Å². The van der Waals surface area contributed by atoms with Gasteiger partial charge >= 0.3 is 0 Å². The Labute approximate surface area is 156 Å². The molecule has 1 aliphatic heterocycles. The first-order chi connectivity index (χ1) is 13.0. The summed E-state index contributed by atoms with van der Waals surface area (Å²) in [5, 5.41) is 4.96. The number of carbonyl (C=O) groups is 2. The Morgan fingerprint density at radius 1 is 1.26 bits per heavy atom. The summed E-state index contributed by atoms with van der Waals surface area (Å²) in [7, 11) is 1.79. The second kappa shape index (κ2) is 6.83. The molecule has 4 rings (SSSR count). The number of piperidine rings is 1. The number of hydrogen-bond acceptors (Lipinski definition) is 4. The Hall–Kier alpha value is -3.22. The Morgan fingerprint density at radius 3 is 2.81 bits per heavy atom. The van der Waals surface area contributed by atoms with Gasteiger partial charge in [0.1, 0.15) is 0 Å². The van der Waals surface area contributed by atoms with Crippen LogP contribution in [0.3, 0.4) is 0 Å². The maximum Gasteiger partial charge on any atom is 0.257 e. The van der Waals surface area contributed by atoms with Gasteiger partial charge in [0, 0.05) is 37.6 Å². The molecular weight excluding hydrogens is 342 g/mol. The lowest BCUT2D eigenvalue weighted by Gasteiger charge is -2.33. The molecule has 1 aliphatic rings. The van der Waals surface area contributed by atoms with Gasteiger partial charge in [0.2, 0.25) is 0 Å². The molecule has 0 radical (unpaired) electrons. The van der Waals surface area contributed by atoms with E-state index < -0.39 is 5.91 Å². The summed E-state index contributed by atoms with van der Waals surface area (Å²) in [6.07, 6.45) is 5.01. The van der Waals surface area contributed by atoms with Crippen LogP contribution in [0.15, 0.2) is 42.7 Å². The van der Waals surface area contributed by atoms with Crippen LogP contribution in [0.5, 0.6) is 0 Å². The van der Waals surface area contributed by atoms with Crippen LogP contribution in [0.2, 0.25) is 0 Å². The van der Waals surface area contributed by atoms with Crippen LogP contribution in [0, 0.1) is 0 Å². The van der Waals surface area contributed by atoms with Crippen molar-refractivity contribution in [3.05, 3.63) is 59.5 Å². The number of carbonyl (C=O) groups excluding carboxylic acids is 2. The minimum absolute atomic E-state index is 0.0218. The normalized spacial score (nSPS) is 17.2. The predicted octanol–water partition coefficient (Wildman–Crippen LogP) is 2.09. The third-order valence-corrected chi connectivity index (χ3v) is 5.07. The fraction of sp³-hybridized carbons (Fsp3) is 0.300. The second-order valence-corrected chi connectivity index (χ2v) is 6.97. The smallest absolute Gasteiger partial charge is 0.257 e. The average Bonchev–Trinajstić information content (AvgIpc) is 3.12. The van der Waals surface area contributed by atoms with E-state index >= 15 is 0 Å². The number of hydrogen-bond donors (Lipinski definition) is 1. The number of aromatic nitrogens is 3. The summed E-state index contributed by atoms with van der Waals surface area (Å²) in [6, 6.07) is 9.47. The van der Waals surface area contributed by atoms with Crippen LogP contribution >= 0.6 is 0 Å². The third kappa shape index (κ3) is 3.28. The van der Waals surface area contributed by atoms with Crippen molar-refractivity contribution in [3.63, 3.8) is 0 Å². The Balaban J connectivity index is 1.67. The third-order valence-electron chi connectivity index (χ3n) is 5.07. The van der Waals surface area contributed by atoms with E-state index in [1.165, 1.54) is 0 Å². The van der Waals surface area contributed by atoms with Crippen LogP contribution in [0.25, 0.3) is 10.9 Å². The summed E-state index contributed by atoms with van der Waals surface area (Å²) in [6.45, 7) is 1.20. The van der Waals surface area contributed by atoms with Crippen molar-refractivity contribution in [1.82, 2.24) is 19.7 Å². The molecule has 2 aromatic heterocycles. The molecule has 0 bridgehead atoms. The SMILES string of the molecule is Cn1cc(C(=O)N2CCCC(c3nc4ccccc4cc3C(N)=O)C2)cn1. The number of rotatable bonds is 3. The molecule has 0 spiro atoms. The molecule has 0 saturated carbocycles. The Morgan fingerprint density at radius 2 is 2.07 bits per heavy atom. The summed E-state index contributed by atoms with van der Waals surface area (Å²) in [5.74, 6) is -0.556. The number of nitrogens with two attached hydrogens (primary N) is 1. The maximum absolute atomic E-state index is 12.8. The molecule has 27 heavy (non-hydrogen) atoms. The van der Waals surface area contributed by atoms with Crippen LogP contribution in [-0.4, -0.2) is 44.6 Å². The molecule has 1 fully saturated rings. The molecule has 7 nitrogen and oxygen atoms in total. The second-order valence-electron chi connectivity index (χ2n) is 6.97. The van der Waals surface area contributed by atoms with Gasteiger partial charge in [0.15, 0.2) is 0 Å². The predicted molar refractivity (Wildman–Crippen MR) is 101 cm³/mol. The largest absolute Gasteiger partial charge is 0.366 e. The zero-order valence-corrected chi connectivity index (χ0v) is 15.1. The summed E-state index contributed by atoms with van der Waals surface area (Å²) in [4.78, 5) is 31.4. The number of nitrogens with zero attached hydrogens (tertiary/aromatic N) is 4. The molecule has 0 aliphatic carbocycles. The number of benzene rings is 1. The number of amides is 2. The minimum atomic E-state index is -0.487. The number of primary amides is 1. The molecule has 138 valence electrons. The van der Waals surface area contributed by atoms with E-state index in [1.54, 1.807) is 24.1 Å². The zero-order valence-electron chi connectivity index (χ0n) is 15.1. The van der Waals surface area contributed by atoms with Gasteiger partial charge in [0.25, 0.3) is 11.8 Å². The molecular formula is C20H21N5O2. The van der Waals surface area contributed by atoms with Crippen LogP contribution < -0.4 is 5.73 Å². The topological polar surface area (TPSA) is 94.1 Å². The average molecular weight is 363 g/mol. The van der Waals surface area contributed by atoms with E-state index in [4.69, 9.17) is 10.7 Å². The first kappa shape index (κ1) is 17.2. The summed E-state index contributed by atoms with van der Waals surface area (Å²) in [5.41, 5.74) is 8.15. The number of aryl methyl sites for hydroxylation is 1. The Kier molecular flexibility index (Phi) is 4.35. The molecule has 1 atom stereocenters. The van der Waals surface area contributed by atoms with Gasteiger partial charge in [-0.05, 0) is 25.0 Å². The van der Waals surface area contributed by atoms with Gasteiger partial charge in [0.05, 0.1) is 28.5 Å². The first-order valence-corrected chi connectivity index (χ1v) is 9.00. The van der Waals surface area contributed by atoms with Crippen molar-refractivity contribution in [2.45, 2.75) is 18.8 Å². The van der Waals surface area contributed by atoms with Gasteiger partial charge < -0.3 is 10.6 Å². The minimum Gasteiger partial charge on any atom is -0.366 e. The van der Waals surface area contributed by atoms with E-state index in [1.807, 2.05) is 35.2 Å². The first-order valence-electron chi connectivity index (χ1n) is 9.00. The van der Waals surface area contributed by atoms with E-state index in [9.17, 15) is 9.59 Å². The highest BCUT2D eigenvalue weighted by molar-refractivity contribution is 5.98. The van der Waals surface area contributed by atoms with Gasteiger partial charge in [-0.2, -0.15) is 5.10 Å². The molecule has 3 heterocycles. The van der Waals surface area contributed by atoms with Crippen LogP contribution in [0.1, 0.15) is 45.2 Å². The van der Waals surface area contributed by atoms with Crippen molar-refractivity contribution in [2.24, 2.45) is 12.8 Å². The van der Waals surface area contributed by atoms with Gasteiger partial charge in [-0.15, -0.1) is 0 Å². The molecule has 1 unspecified atom stereocenters. The lowest BCUT2D eigenvalue weighted by molar-refractivity contribution is 0.0705. The number of pyridine rings is 1. The van der Waals surface area contributed by atoms with E-state index in [0.29, 0.717) is 29.9 Å². The molecule has 3 aromatic rings. The lowest BCUT2D eigenvalue weighted by atomic mass is 9.90. The summed E-state index contributed by atoms with van der Waals surface area (Å²) < 4.78 is 1.62. The standard InChI is InChI=1S/C20H21N5O2/c1-24-11-15(10-22-24)20(27)25-8-4-6-14(12-25)18-16(19(21)26)9-13-5-2-3-7-17(13)23-18/h2-3,5,7,9-11,14H,4,6,8,12H2,1H3,(H2,21,26). The maximum atomic E-state index is 12.8. The van der Waals surface area contributed by atoms with Crippen LogP contribution in [-0.2, 0) is 7.05 Å². The lowest BCUT2D eigenvalue weighted by Crippen LogP contribution is -2.39. The highest BCUT2D eigenvalue weighted by Gasteiger charge is 2.29. The zero-order chi connectivity index (χ0) is 19.0. The van der Waals surface area contributed by atoms with Crippen LogP contribution in [0.4, 0.5) is 0 Å². The van der Waals surface area contributed by atoms with Gasteiger partial charge in [-0.3, -0.25) is 19.3 Å². The summed E-state index contributed by atoms with van der Waals surface area (Å²) >= 11 is 0. The molecule has 7 heteroatoms. The molecule has 2 amide bonds. The van der Waals surface area contributed by atoms with Crippen molar-refractivity contribution in [3.8, 4) is 0 Å². The monoisotopic (exact) mass is 363 g/mol. The fourth-order valence-corrected chi connectivity index (χ4v) is 3.74. The van der Waals surface area contributed by atoms with Gasteiger partial charge in [-0.25, -0.2) is 0 Å². The van der Waals surface area contributed by atoms with Crippen molar-refractivity contribution < 1.29 is 9.59 Å². The number of fused-ring (bicyclic) bond motifs is 1. The molecule has 1 saturated heterocycles. The quantitative estimate of drug-likeness (QED) is 0.771. The molecule has 1 aromatic carbocycles. The number of likely N-dealkylation sites (tertiary alicyclic amines) is 1. The van der Waals surface area contributed by atoms with Crippen molar-refractivity contribution in [1.29, 1.82) is 0 Å². The van der Waals surface area contributed by atoms with Gasteiger partial charge in [-0.1, -0.05) is 18.2 Å². The highest BCUT2D eigenvalue weighted by Crippen LogP contribution is 2.30.